The molecule has 2 nitrogen and oxygen atoms in total. The van der Waals surface area contributed by atoms with Crippen LogP contribution in [0.2, 0.25) is 5.02 Å². The summed E-state index contributed by atoms with van der Waals surface area (Å²) in [6.07, 6.45) is 5.96. The highest BCUT2D eigenvalue weighted by molar-refractivity contribution is 6.31. The average molecular weight is 311 g/mol. The van der Waals surface area contributed by atoms with Gasteiger partial charge in [0.1, 0.15) is 5.82 Å². The van der Waals surface area contributed by atoms with Crippen LogP contribution in [0.1, 0.15) is 44.5 Å². The summed E-state index contributed by atoms with van der Waals surface area (Å²) in [6.45, 7) is 2.26. The van der Waals surface area contributed by atoms with Crippen LogP contribution < -0.4 is 0 Å². The van der Waals surface area contributed by atoms with Crippen molar-refractivity contribution in [3.05, 3.63) is 29.0 Å². The van der Waals surface area contributed by atoms with E-state index in [9.17, 15) is 0 Å². The van der Waals surface area contributed by atoms with Gasteiger partial charge >= 0.3 is 0 Å². The minimum Gasteiger partial charge on any atom is -0.325 e. The van der Waals surface area contributed by atoms with E-state index in [4.69, 9.17) is 28.2 Å². The predicted octanol–water partition coefficient (Wildman–Crippen LogP) is 5.22. The Kier molecular flexibility index (Phi) is 4.23. The summed E-state index contributed by atoms with van der Waals surface area (Å²) < 4.78 is 2.39. The predicted molar refractivity (Wildman–Crippen MR) is 85.8 cm³/mol. The molecule has 4 heteroatoms. The molecule has 108 valence electrons. The van der Waals surface area contributed by atoms with E-state index in [1.165, 1.54) is 19.3 Å². The van der Waals surface area contributed by atoms with Gasteiger partial charge in [0, 0.05) is 23.4 Å². The molecule has 1 atom stereocenters. The van der Waals surface area contributed by atoms with Crippen molar-refractivity contribution >= 4 is 34.2 Å². The third-order valence-corrected chi connectivity index (χ3v) is 4.61. The van der Waals surface area contributed by atoms with Crippen LogP contribution in [0.3, 0.4) is 0 Å². The summed E-state index contributed by atoms with van der Waals surface area (Å²) in [7, 11) is 0. The fourth-order valence-electron chi connectivity index (χ4n) is 2.98. The van der Waals surface area contributed by atoms with Gasteiger partial charge in [-0.25, -0.2) is 4.98 Å². The lowest BCUT2D eigenvalue weighted by Gasteiger charge is -2.20. The Morgan fingerprint density at radius 1 is 1.40 bits per heavy atom. The SMILES string of the molecule is CCC(CC1CC1)n1c(CCCl)nc2ccc(Cl)cc21. The van der Waals surface area contributed by atoms with Gasteiger partial charge in [-0.05, 0) is 37.0 Å². The van der Waals surface area contributed by atoms with Crippen LogP contribution in [0.25, 0.3) is 11.0 Å². The molecule has 1 saturated carbocycles. The minimum absolute atomic E-state index is 0.518. The molecule has 1 aliphatic carbocycles. The Hall–Kier alpha value is -0.730. The summed E-state index contributed by atoms with van der Waals surface area (Å²) in [5.41, 5.74) is 2.19. The van der Waals surface area contributed by atoms with E-state index in [-0.39, 0.29) is 0 Å². The Balaban J connectivity index is 2.07. The van der Waals surface area contributed by atoms with Crippen molar-refractivity contribution in [1.82, 2.24) is 9.55 Å². The summed E-state index contributed by atoms with van der Waals surface area (Å²) in [5.74, 6) is 2.61. The van der Waals surface area contributed by atoms with Crippen molar-refractivity contribution in [1.29, 1.82) is 0 Å². The van der Waals surface area contributed by atoms with Crippen LogP contribution in [-0.4, -0.2) is 15.4 Å². The van der Waals surface area contributed by atoms with Crippen molar-refractivity contribution in [3.63, 3.8) is 0 Å². The number of aromatic nitrogens is 2. The molecular weight excluding hydrogens is 291 g/mol. The first-order valence-electron chi connectivity index (χ1n) is 7.45. The summed E-state index contributed by atoms with van der Waals surface area (Å²) in [4.78, 5) is 4.76. The molecule has 1 aromatic carbocycles. The first kappa shape index (κ1) is 14.2. The maximum absolute atomic E-state index is 6.18. The number of aryl methyl sites for hydroxylation is 1. The number of nitrogens with zero attached hydrogens (tertiary/aromatic N) is 2. The Morgan fingerprint density at radius 2 is 2.20 bits per heavy atom. The number of rotatable bonds is 6. The molecule has 0 aliphatic heterocycles. The molecule has 1 aromatic heterocycles. The van der Waals surface area contributed by atoms with Gasteiger partial charge in [-0.15, -0.1) is 11.6 Å². The lowest BCUT2D eigenvalue weighted by molar-refractivity contribution is 0.427. The lowest BCUT2D eigenvalue weighted by atomic mass is 10.1. The van der Waals surface area contributed by atoms with Gasteiger partial charge in [0.25, 0.3) is 0 Å². The van der Waals surface area contributed by atoms with Gasteiger partial charge in [-0.3, -0.25) is 0 Å². The number of imidazole rings is 1. The van der Waals surface area contributed by atoms with Gasteiger partial charge in [-0.1, -0.05) is 31.4 Å². The van der Waals surface area contributed by atoms with Crippen molar-refractivity contribution in [2.45, 2.75) is 45.1 Å². The van der Waals surface area contributed by atoms with Crippen LogP contribution in [0.5, 0.6) is 0 Å². The van der Waals surface area contributed by atoms with Gasteiger partial charge in [-0.2, -0.15) is 0 Å². The molecule has 0 spiro atoms. The van der Waals surface area contributed by atoms with E-state index in [0.29, 0.717) is 11.9 Å². The first-order valence-corrected chi connectivity index (χ1v) is 8.36. The van der Waals surface area contributed by atoms with Gasteiger partial charge in [0.2, 0.25) is 0 Å². The lowest BCUT2D eigenvalue weighted by Crippen LogP contribution is -2.13. The molecule has 0 bridgehead atoms. The van der Waals surface area contributed by atoms with Crippen LogP contribution in [0.15, 0.2) is 18.2 Å². The van der Waals surface area contributed by atoms with E-state index in [1.54, 1.807) is 0 Å². The van der Waals surface area contributed by atoms with Crippen LogP contribution in [-0.2, 0) is 6.42 Å². The van der Waals surface area contributed by atoms with E-state index < -0.39 is 0 Å². The van der Waals surface area contributed by atoms with Crippen molar-refractivity contribution in [2.75, 3.05) is 5.88 Å². The maximum atomic E-state index is 6.18. The van der Waals surface area contributed by atoms with Crippen LogP contribution in [0, 0.1) is 5.92 Å². The van der Waals surface area contributed by atoms with Crippen LogP contribution >= 0.6 is 23.2 Å². The van der Waals surface area contributed by atoms with E-state index in [0.717, 1.165) is 40.6 Å². The Morgan fingerprint density at radius 3 is 2.85 bits per heavy atom. The molecule has 0 radical (unpaired) electrons. The molecule has 20 heavy (non-hydrogen) atoms. The fraction of sp³-hybridized carbons (Fsp3) is 0.562. The number of hydrogen-bond acceptors (Lipinski definition) is 1. The van der Waals surface area contributed by atoms with E-state index in [2.05, 4.69) is 11.5 Å². The second-order valence-electron chi connectivity index (χ2n) is 5.71. The monoisotopic (exact) mass is 310 g/mol. The number of halogens is 2. The maximum Gasteiger partial charge on any atom is 0.111 e. The Labute approximate surface area is 130 Å². The van der Waals surface area contributed by atoms with Gasteiger partial charge in [0.05, 0.1) is 11.0 Å². The molecule has 0 amide bonds. The zero-order valence-electron chi connectivity index (χ0n) is 11.8. The summed E-state index contributed by atoms with van der Waals surface area (Å²) in [5, 5.41) is 0.775. The van der Waals surface area contributed by atoms with Crippen LogP contribution in [0.4, 0.5) is 0 Å². The molecule has 1 unspecified atom stereocenters. The standard InChI is InChI=1S/C16H20Cl2N2/c1-2-13(9-11-3-4-11)20-15-10-12(18)5-6-14(15)19-16(20)7-8-17/h5-6,10-11,13H,2-4,7-9H2,1H3. The van der Waals surface area contributed by atoms with E-state index in [1.807, 2.05) is 18.2 Å². The van der Waals surface area contributed by atoms with Gasteiger partial charge in [0.15, 0.2) is 0 Å². The highest BCUT2D eigenvalue weighted by atomic mass is 35.5. The second-order valence-corrected chi connectivity index (χ2v) is 6.53. The fourth-order valence-corrected chi connectivity index (χ4v) is 3.31. The van der Waals surface area contributed by atoms with Gasteiger partial charge < -0.3 is 4.57 Å². The molecule has 1 heterocycles. The van der Waals surface area contributed by atoms with Crippen molar-refractivity contribution in [3.8, 4) is 0 Å². The largest absolute Gasteiger partial charge is 0.325 e. The van der Waals surface area contributed by atoms with Crippen molar-refractivity contribution < 1.29 is 0 Å². The molecule has 2 aromatic rings. The number of fused-ring (bicyclic) bond motifs is 1. The number of benzene rings is 1. The third kappa shape index (κ3) is 2.82. The normalized spacial score (nSPS) is 16.8. The molecule has 0 N–H and O–H groups in total. The Bertz CT molecular complexity index is 602. The topological polar surface area (TPSA) is 17.8 Å². The zero-order valence-corrected chi connectivity index (χ0v) is 13.3. The highest BCUT2D eigenvalue weighted by Gasteiger charge is 2.27. The summed E-state index contributed by atoms with van der Waals surface area (Å²) >= 11 is 12.1. The molecule has 1 aliphatic rings. The quantitative estimate of drug-likeness (QED) is 0.669. The molecule has 3 rings (SSSR count). The smallest absolute Gasteiger partial charge is 0.111 e. The number of alkyl halides is 1. The molecule has 0 saturated heterocycles. The highest BCUT2D eigenvalue weighted by Crippen LogP contribution is 2.39. The second kappa shape index (κ2) is 5.95. The molecular formula is C16H20Cl2N2. The first-order chi connectivity index (χ1) is 9.72. The summed E-state index contributed by atoms with van der Waals surface area (Å²) in [6, 6.07) is 6.48. The van der Waals surface area contributed by atoms with Crippen molar-refractivity contribution in [2.24, 2.45) is 5.92 Å². The number of hydrogen-bond donors (Lipinski definition) is 0. The third-order valence-electron chi connectivity index (χ3n) is 4.18. The average Bonchev–Trinajstić information content (AvgIpc) is 3.18. The molecule has 1 fully saturated rings. The zero-order chi connectivity index (χ0) is 14.1. The van der Waals surface area contributed by atoms with E-state index >= 15 is 0 Å². The minimum atomic E-state index is 0.518.